The molecule has 2 rings (SSSR count). The summed E-state index contributed by atoms with van der Waals surface area (Å²) in [5, 5.41) is 3.32. The predicted molar refractivity (Wildman–Crippen MR) is 81.1 cm³/mol. The van der Waals surface area contributed by atoms with Gasteiger partial charge in [0, 0.05) is 6.54 Å². The van der Waals surface area contributed by atoms with Crippen LogP contribution in [0.5, 0.6) is 5.75 Å². The maximum Gasteiger partial charge on any atom is 0.241 e. The monoisotopic (exact) mass is 292 g/mol. The number of amides is 1. The summed E-state index contributed by atoms with van der Waals surface area (Å²) in [5.74, 6) is 0.898. The van der Waals surface area contributed by atoms with Crippen molar-refractivity contribution in [3.63, 3.8) is 0 Å². The summed E-state index contributed by atoms with van der Waals surface area (Å²) in [4.78, 5) is 14.1. The van der Waals surface area contributed by atoms with Crippen molar-refractivity contribution in [2.75, 3.05) is 20.3 Å². The van der Waals surface area contributed by atoms with Crippen LogP contribution >= 0.6 is 0 Å². The van der Waals surface area contributed by atoms with Crippen LogP contribution in [0.2, 0.25) is 0 Å². The van der Waals surface area contributed by atoms with Gasteiger partial charge in [0.15, 0.2) is 0 Å². The summed E-state index contributed by atoms with van der Waals surface area (Å²) < 4.78 is 10.8. The average molecular weight is 292 g/mol. The second-order valence-corrected chi connectivity index (χ2v) is 5.52. The maximum absolute atomic E-state index is 12.3. The Labute approximate surface area is 126 Å². The summed E-state index contributed by atoms with van der Waals surface area (Å²) in [5.41, 5.74) is 1.02. The molecule has 21 heavy (non-hydrogen) atoms. The third kappa shape index (κ3) is 3.74. The van der Waals surface area contributed by atoms with E-state index in [-0.39, 0.29) is 24.2 Å². The highest BCUT2D eigenvalue weighted by atomic mass is 16.5. The molecule has 0 spiro atoms. The van der Waals surface area contributed by atoms with E-state index < -0.39 is 0 Å². The molecule has 2 atom stereocenters. The molecule has 0 aliphatic carbocycles. The molecular formula is C16H24N2O3. The van der Waals surface area contributed by atoms with Crippen molar-refractivity contribution in [2.24, 2.45) is 0 Å². The molecule has 1 heterocycles. The van der Waals surface area contributed by atoms with E-state index in [1.54, 1.807) is 7.11 Å². The Bertz CT molecular complexity index is 490. The smallest absolute Gasteiger partial charge is 0.241 e. The lowest BCUT2D eigenvalue weighted by molar-refractivity contribution is -0.130. The van der Waals surface area contributed by atoms with Crippen LogP contribution in [0.1, 0.15) is 32.5 Å². The lowest BCUT2D eigenvalue weighted by Gasteiger charge is -2.25. The molecule has 1 aromatic rings. The Morgan fingerprint density at radius 3 is 2.81 bits per heavy atom. The van der Waals surface area contributed by atoms with Crippen LogP contribution in [0.25, 0.3) is 0 Å². The predicted octanol–water partition coefficient (Wildman–Crippen LogP) is 1.94. The first-order valence-corrected chi connectivity index (χ1v) is 7.35. The molecule has 0 radical (unpaired) electrons. The van der Waals surface area contributed by atoms with E-state index in [0.717, 1.165) is 11.3 Å². The van der Waals surface area contributed by atoms with Crippen molar-refractivity contribution in [3.8, 4) is 5.75 Å². The number of benzene rings is 1. The van der Waals surface area contributed by atoms with Gasteiger partial charge in [0.05, 0.1) is 25.9 Å². The summed E-state index contributed by atoms with van der Waals surface area (Å²) in [6.45, 7) is 6.99. The molecular weight excluding hydrogens is 268 g/mol. The van der Waals surface area contributed by atoms with Crippen molar-refractivity contribution in [2.45, 2.75) is 39.1 Å². The fraction of sp³-hybridized carbons (Fsp3) is 0.562. The second-order valence-electron chi connectivity index (χ2n) is 5.52. The van der Waals surface area contributed by atoms with Gasteiger partial charge in [-0.3, -0.25) is 10.1 Å². The van der Waals surface area contributed by atoms with Crippen molar-refractivity contribution >= 4 is 5.91 Å². The zero-order valence-corrected chi connectivity index (χ0v) is 13.1. The lowest BCUT2D eigenvalue weighted by Crippen LogP contribution is -2.34. The van der Waals surface area contributed by atoms with Crippen LogP contribution in [0, 0.1) is 0 Å². The summed E-state index contributed by atoms with van der Waals surface area (Å²) in [7, 11) is 1.64. The lowest BCUT2D eigenvalue weighted by atomic mass is 10.1. The SMILES string of the molecule is COc1cccc(C2NC(C)C(=O)N2CCOC(C)C)c1. The third-order valence-electron chi connectivity index (χ3n) is 3.57. The Balaban J connectivity index is 2.13. The highest BCUT2D eigenvalue weighted by Crippen LogP contribution is 2.27. The largest absolute Gasteiger partial charge is 0.497 e. The van der Waals surface area contributed by atoms with Crippen LogP contribution < -0.4 is 10.1 Å². The van der Waals surface area contributed by atoms with Gasteiger partial charge in [-0.2, -0.15) is 0 Å². The van der Waals surface area contributed by atoms with Gasteiger partial charge in [-0.25, -0.2) is 0 Å². The minimum absolute atomic E-state index is 0.107. The van der Waals surface area contributed by atoms with E-state index in [2.05, 4.69) is 5.32 Å². The standard InChI is InChI=1S/C16H24N2O3/c1-11(2)21-9-8-18-15(17-12(3)16(18)19)13-6-5-7-14(10-13)20-4/h5-7,10-12,15,17H,8-9H2,1-4H3. The number of hydrogen-bond donors (Lipinski definition) is 1. The highest BCUT2D eigenvalue weighted by molar-refractivity contribution is 5.84. The Hall–Kier alpha value is -1.59. The molecule has 5 heteroatoms. The number of nitrogens with one attached hydrogen (secondary N) is 1. The highest BCUT2D eigenvalue weighted by Gasteiger charge is 2.36. The summed E-state index contributed by atoms with van der Waals surface area (Å²) in [6, 6.07) is 7.61. The molecule has 1 saturated heterocycles. The quantitative estimate of drug-likeness (QED) is 0.870. The summed E-state index contributed by atoms with van der Waals surface area (Å²) >= 11 is 0. The molecule has 0 aromatic heterocycles. The zero-order valence-electron chi connectivity index (χ0n) is 13.1. The van der Waals surface area contributed by atoms with E-state index >= 15 is 0 Å². The Morgan fingerprint density at radius 2 is 2.14 bits per heavy atom. The normalized spacial score (nSPS) is 22.1. The molecule has 1 aliphatic rings. The van der Waals surface area contributed by atoms with Gasteiger partial charge in [0.25, 0.3) is 0 Å². The molecule has 1 amide bonds. The maximum atomic E-state index is 12.3. The van der Waals surface area contributed by atoms with Gasteiger partial charge in [-0.1, -0.05) is 12.1 Å². The van der Waals surface area contributed by atoms with Crippen molar-refractivity contribution in [3.05, 3.63) is 29.8 Å². The molecule has 1 fully saturated rings. The van der Waals surface area contributed by atoms with Crippen LogP contribution in [-0.2, 0) is 9.53 Å². The van der Waals surface area contributed by atoms with Crippen LogP contribution in [-0.4, -0.2) is 43.2 Å². The summed E-state index contributed by atoms with van der Waals surface area (Å²) in [6.07, 6.45) is 0.0433. The number of hydrogen-bond acceptors (Lipinski definition) is 4. The van der Waals surface area contributed by atoms with Gasteiger partial charge >= 0.3 is 0 Å². The molecule has 0 saturated carbocycles. The topological polar surface area (TPSA) is 50.8 Å². The third-order valence-corrected chi connectivity index (χ3v) is 3.57. The van der Waals surface area contributed by atoms with E-state index in [0.29, 0.717) is 13.2 Å². The van der Waals surface area contributed by atoms with E-state index in [1.165, 1.54) is 0 Å². The molecule has 5 nitrogen and oxygen atoms in total. The number of carbonyl (C=O) groups excluding carboxylic acids is 1. The zero-order chi connectivity index (χ0) is 15.4. The number of nitrogens with zero attached hydrogens (tertiary/aromatic N) is 1. The molecule has 1 aromatic carbocycles. The minimum atomic E-state index is -0.180. The van der Waals surface area contributed by atoms with Crippen LogP contribution in [0.3, 0.4) is 0 Å². The number of ether oxygens (including phenoxy) is 2. The average Bonchev–Trinajstić information content (AvgIpc) is 2.75. The molecule has 1 aliphatic heterocycles. The fourth-order valence-corrected chi connectivity index (χ4v) is 2.49. The second kappa shape index (κ2) is 6.91. The molecule has 1 N–H and O–H groups in total. The molecule has 0 bridgehead atoms. The van der Waals surface area contributed by atoms with Crippen LogP contribution in [0.4, 0.5) is 0 Å². The van der Waals surface area contributed by atoms with Crippen molar-refractivity contribution in [1.82, 2.24) is 10.2 Å². The van der Waals surface area contributed by atoms with Gasteiger partial charge in [-0.05, 0) is 38.5 Å². The van der Waals surface area contributed by atoms with Crippen molar-refractivity contribution < 1.29 is 14.3 Å². The fourth-order valence-electron chi connectivity index (χ4n) is 2.49. The molecule has 2 unspecified atom stereocenters. The number of carbonyl (C=O) groups is 1. The van der Waals surface area contributed by atoms with Gasteiger partial charge < -0.3 is 14.4 Å². The Kier molecular flexibility index (Phi) is 5.20. The van der Waals surface area contributed by atoms with E-state index in [1.807, 2.05) is 49.9 Å². The van der Waals surface area contributed by atoms with E-state index in [4.69, 9.17) is 9.47 Å². The first-order chi connectivity index (χ1) is 10.0. The number of rotatable bonds is 6. The van der Waals surface area contributed by atoms with Gasteiger partial charge in [-0.15, -0.1) is 0 Å². The first kappa shape index (κ1) is 15.8. The number of methoxy groups -OCH3 is 1. The molecule has 116 valence electrons. The Morgan fingerprint density at radius 1 is 1.38 bits per heavy atom. The first-order valence-electron chi connectivity index (χ1n) is 7.35. The van der Waals surface area contributed by atoms with Crippen molar-refractivity contribution in [1.29, 1.82) is 0 Å². The minimum Gasteiger partial charge on any atom is -0.497 e. The van der Waals surface area contributed by atoms with E-state index in [9.17, 15) is 4.79 Å². The van der Waals surface area contributed by atoms with Gasteiger partial charge in [0.2, 0.25) is 5.91 Å². The van der Waals surface area contributed by atoms with Crippen LogP contribution in [0.15, 0.2) is 24.3 Å². The van der Waals surface area contributed by atoms with Gasteiger partial charge in [0.1, 0.15) is 11.9 Å².